The lowest BCUT2D eigenvalue weighted by molar-refractivity contribution is 0.414. The molecule has 108 valence electrons. The molecule has 0 amide bonds. The number of benzene rings is 1. The van der Waals surface area contributed by atoms with Gasteiger partial charge in [0.15, 0.2) is 0 Å². The topological polar surface area (TPSA) is 45.9 Å². The van der Waals surface area contributed by atoms with E-state index in [-0.39, 0.29) is 0 Å². The second-order valence-electron chi connectivity index (χ2n) is 4.82. The van der Waals surface area contributed by atoms with Crippen LogP contribution in [0.2, 0.25) is 0 Å². The molecule has 0 aliphatic rings. The molecule has 4 heteroatoms. The van der Waals surface area contributed by atoms with Crippen LogP contribution in [-0.2, 0) is 6.42 Å². The third kappa shape index (κ3) is 3.99. The largest absolute Gasteiger partial charge is 0.497 e. The van der Waals surface area contributed by atoms with Crippen molar-refractivity contribution in [3.05, 3.63) is 52.7 Å². The molecule has 0 unspecified atom stereocenters. The number of aromatic nitrogens is 1. The second kappa shape index (κ2) is 7.14. The van der Waals surface area contributed by atoms with E-state index in [4.69, 9.17) is 4.74 Å². The summed E-state index contributed by atoms with van der Waals surface area (Å²) in [6.07, 6.45) is 0.939. The van der Waals surface area contributed by atoms with E-state index in [1.54, 1.807) is 18.9 Å². The lowest BCUT2D eigenvalue weighted by Gasteiger charge is -2.07. The van der Waals surface area contributed by atoms with Crippen LogP contribution in [0, 0.1) is 25.2 Å². The van der Waals surface area contributed by atoms with E-state index in [1.165, 1.54) is 5.56 Å². The van der Waals surface area contributed by atoms with Crippen molar-refractivity contribution in [2.75, 3.05) is 12.9 Å². The summed E-state index contributed by atoms with van der Waals surface area (Å²) in [6.45, 7) is 3.92. The van der Waals surface area contributed by atoms with Gasteiger partial charge in [-0.25, -0.2) is 4.98 Å². The molecule has 1 aromatic carbocycles. The summed E-state index contributed by atoms with van der Waals surface area (Å²) in [5.74, 6) is 1.77. The fourth-order valence-corrected chi connectivity index (χ4v) is 3.19. The van der Waals surface area contributed by atoms with Crippen LogP contribution >= 0.6 is 11.8 Å². The predicted octanol–water partition coefficient (Wildman–Crippen LogP) is 3.91. The number of rotatable bonds is 5. The summed E-state index contributed by atoms with van der Waals surface area (Å²) >= 11 is 1.64. The van der Waals surface area contributed by atoms with E-state index in [0.29, 0.717) is 5.56 Å². The zero-order valence-corrected chi connectivity index (χ0v) is 13.3. The van der Waals surface area contributed by atoms with Gasteiger partial charge in [0.25, 0.3) is 0 Å². The number of hydrogen-bond donors (Lipinski definition) is 0. The van der Waals surface area contributed by atoms with Gasteiger partial charge in [-0.05, 0) is 49.6 Å². The monoisotopic (exact) mass is 298 g/mol. The van der Waals surface area contributed by atoms with Crippen molar-refractivity contribution in [1.82, 2.24) is 4.98 Å². The van der Waals surface area contributed by atoms with Gasteiger partial charge in [-0.2, -0.15) is 5.26 Å². The molecule has 2 rings (SSSR count). The average molecular weight is 298 g/mol. The zero-order chi connectivity index (χ0) is 15.2. The molecular weight excluding hydrogens is 280 g/mol. The van der Waals surface area contributed by atoms with Gasteiger partial charge in [-0.15, -0.1) is 11.8 Å². The Hall–Kier alpha value is -1.99. The van der Waals surface area contributed by atoms with Crippen LogP contribution in [0.5, 0.6) is 5.75 Å². The minimum atomic E-state index is 0.695. The molecule has 0 atom stereocenters. The van der Waals surface area contributed by atoms with Crippen molar-refractivity contribution in [1.29, 1.82) is 5.26 Å². The quantitative estimate of drug-likeness (QED) is 0.785. The average Bonchev–Trinajstić information content (AvgIpc) is 2.47. The maximum absolute atomic E-state index is 9.25. The van der Waals surface area contributed by atoms with Crippen molar-refractivity contribution in [3.63, 3.8) is 0 Å². The van der Waals surface area contributed by atoms with Gasteiger partial charge < -0.3 is 4.74 Å². The third-order valence-electron chi connectivity index (χ3n) is 3.21. The van der Waals surface area contributed by atoms with Crippen molar-refractivity contribution in [2.24, 2.45) is 0 Å². The molecule has 0 aliphatic heterocycles. The first-order chi connectivity index (χ1) is 10.1. The molecule has 0 saturated heterocycles. The number of thioether (sulfide) groups is 1. The van der Waals surface area contributed by atoms with Gasteiger partial charge >= 0.3 is 0 Å². The van der Waals surface area contributed by atoms with Crippen LogP contribution < -0.4 is 4.74 Å². The molecule has 3 nitrogen and oxygen atoms in total. The summed E-state index contributed by atoms with van der Waals surface area (Å²) in [7, 11) is 1.67. The molecule has 1 aromatic heterocycles. The Morgan fingerprint density at radius 3 is 2.57 bits per heavy atom. The number of ether oxygens (including phenoxy) is 1. The minimum absolute atomic E-state index is 0.695. The van der Waals surface area contributed by atoms with Gasteiger partial charge in [-0.3, -0.25) is 0 Å². The number of methoxy groups -OCH3 is 1. The summed E-state index contributed by atoms with van der Waals surface area (Å²) in [6, 6.07) is 12.3. The van der Waals surface area contributed by atoms with Crippen LogP contribution in [0.4, 0.5) is 0 Å². The highest BCUT2D eigenvalue weighted by atomic mass is 32.2. The van der Waals surface area contributed by atoms with Crippen LogP contribution in [-0.4, -0.2) is 17.8 Å². The Morgan fingerprint density at radius 1 is 1.24 bits per heavy atom. The highest BCUT2D eigenvalue weighted by Crippen LogP contribution is 2.24. The van der Waals surface area contributed by atoms with E-state index in [2.05, 4.69) is 23.2 Å². The molecule has 21 heavy (non-hydrogen) atoms. The minimum Gasteiger partial charge on any atom is -0.497 e. The molecule has 0 N–H and O–H groups in total. The van der Waals surface area contributed by atoms with Gasteiger partial charge in [0.1, 0.15) is 16.8 Å². The van der Waals surface area contributed by atoms with Crippen molar-refractivity contribution in [3.8, 4) is 11.8 Å². The van der Waals surface area contributed by atoms with E-state index >= 15 is 0 Å². The molecule has 0 saturated carbocycles. The molecule has 0 bridgehead atoms. The first kappa shape index (κ1) is 15.4. The first-order valence-corrected chi connectivity index (χ1v) is 7.76. The number of nitriles is 1. The molecule has 0 radical (unpaired) electrons. The second-order valence-corrected chi connectivity index (χ2v) is 5.90. The molecule has 1 heterocycles. The third-order valence-corrected chi connectivity index (χ3v) is 4.19. The fraction of sp³-hybridized carbons (Fsp3) is 0.294. The number of aryl methyl sites for hydroxylation is 3. The van der Waals surface area contributed by atoms with Gasteiger partial charge in [0.05, 0.1) is 12.7 Å². The normalized spacial score (nSPS) is 10.2. The summed E-state index contributed by atoms with van der Waals surface area (Å²) in [4.78, 5) is 4.48. The maximum Gasteiger partial charge on any atom is 0.118 e. The maximum atomic E-state index is 9.25. The van der Waals surface area contributed by atoms with Crippen molar-refractivity contribution >= 4 is 11.8 Å². The highest BCUT2D eigenvalue weighted by molar-refractivity contribution is 7.99. The Morgan fingerprint density at radius 2 is 1.95 bits per heavy atom. The lowest BCUT2D eigenvalue weighted by Crippen LogP contribution is -1.96. The predicted molar refractivity (Wildman–Crippen MR) is 85.8 cm³/mol. The zero-order valence-electron chi connectivity index (χ0n) is 12.5. The lowest BCUT2D eigenvalue weighted by atomic mass is 10.1. The molecule has 0 aliphatic carbocycles. The van der Waals surface area contributed by atoms with Crippen LogP contribution in [0.1, 0.15) is 22.4 Å². The molecule has 0 fully saturated rings. The summed E-state index contributed by atoms with van der Waals surface area (Å²) in [5, 5.41) is 10.1. The molecular formula is C17H18N2OS. The number of hydrogen-bond acceptors (Lipinski definition) is 4. The van der Waals surface area contributed by atoms with Gasteiger partial charge in [-0.1, -0.05) is 12.1 Å². The van der Waals surface area contributed by atoms with Crippen LogP contribution in [0.3, 0.4) is 0 Å². The SMILES string of the molecule is COc1ccc(CCSc2nc(C)cc(C)c2C#N)cc1. The number of nitrogens with zero attached hydrogens (tertiary/aromatic N) is 2. The van der Waals surface area contributed by atoms with Gasteiger partial charge in [0, 0.05) is 11.4 Å². The highest BCUT2D eigenvalue weighted by Gasteiger charge is 2.09. The van der Waals surface area contributed by atoms with E-state index in [9.17, 15) is 5.26 Å². The van der Waals surface area contributed by atoms with Crippen molar-refractivity contribution in [2.45, 2.75) is 25.3 Å². The fourth-order valence-electron chi connectivity index (χ4n) is 2.10. The van der Waals surface area contributed by atoms with E-state index in [0.717, 1.165) is 34.2 Å². The van der Waals surface area contributed by atoms with E-state index in [1.807, 2.05) is 32.0 Å². The van der Waals surface area contributed by atoms with Crippen LogP contribution in [0.25, 0.3) is 0 Å². The van der Waals surface area contributed by atoms with Crippen molar-refractivity contribution < 1.29 is 4.74 Å². The molecule has 0 spiro atoms. The molecule has 2 aromatic rings. The Labute approximate surface area is 130 Å². The summed E-state index contributed by atoms with van der Waals surface area (Å²) < 4.78 is 5.15. The van der Waals surface area contributed by atoms with E-state index < -0.39 is 0 Å². The number of pyridine rings is 1. The van der Waals surface area contributed by atoms with Crippen LogP contribution in [0.15, 0.2) is 35.4 Å². The summed E-state index contributed by atoms with van der Waals surface area (Å²) in [5.41, 5.74) is 3.90. The Kier molecular flexibility index (Phi) is 5.24. The Bertz CT molecular complexity index is 660. The first-order valence-electron chi connectivity index (χ1n) is 6.78. The smallest absolute Gasteiger partial charge is 0.118 e. The van der Waals surface area contributed by atoms with Gasteiger partial charge in [0.2, 0.25) is 0 Å². The standard InChI is InChI=1S/C17H18N2OS/c1-12-10-13(2)19-17(16(12)11-18)21-9-8-14-4-6-15(20-3)7-5-14/h4-7,10H,8-9H2,1-3H3. The Balaban J connectivity index is 2.01.